The highest BCUT2D eigenvalue weighted by atomic mass is 16.1. The average Bonchev–Trinajstić information content (AvgIpc) is 3.30. The lowest BCUT2D eigenvalue weighted by Crippen LogP contribution is -2.13. The molecule has 21 heavy (non-hydrogen) atoms. The summed E-state index contributed by atoms with van der Waals surface area (Å²) in [5, 5.41) is 12.1. The highest BCUT2D eigenvalue weighted by Crippen LogP contribution is 2.40. The molecule has 2 saturated carbocycles. The molecule has 2 aliphatic rings. The summed E-state index contributed by atoms with van der Waals surface area (Å²) in [5.41, 5.74) is 9.05. The predicted molar refractivity (Wildman–Crippen MR) is 80.8 cm³/mol. The predicted octanol–water partition coefficient (Wildman–Crippen LogP) is 0.838. The molecule has 0 spiro atoms. The summed E-state index contributed by atoms with van der Waals surface area (Å²) in [6.45, 7) is 0. The number of aryl methyl sites for hydroxylation is 1. The Balaban J connectivity index is 0.000000181. The number of aromatic nitrogens is 2. The van der Waals surface area contributed by atoms with Gasteiger partial charge in [-0.1, -0.05) is 0 Å². The molecule has 1 aromatic heterocycles. The van der Waals surface area contributed by atoms with Crippen molar-refractivity contribution in [2.45, 2.75) is 38.0 Å². The molecular weight excluding hydrogens is 268 g/mol. The Hall–Kier alpha value is -1.91. The lowest BCUT2D eigenvalue weighted by molar-refractivity contribution is -0.119. The van der Waals surface area contributed by atoms with E-state index in [4.69, 9.17) is 11.0 Å². The van der Waals surface area contributed by atoms with E-state index in [1.54, 1.807) is 7.05 Å². The van der Waals surface area contributed by atoms with Crippen LogP contribution in [0.3, 0.4) is 0 Å². The van der Waals surface area contributed by atoms with Crippen LogP contribution in [0.25, 0.3) is 0 Å². The fourth-order valence-electron chi connectivity index (χ4n) is 1.89. The number of nitrogen functional groups attached to an aromatic ring is 1. The molecule has 7 heteroatoms. The molecule has 3 rings (SSSR count). The zero-order chi connectivity index (χ0) is 15.8. The maximum absolute atomic E-state index is 10.6. The van der Waals surface area contributed by atoms with Gasteiger partial charge in [-0.25, -0.2) is 0 Å². The maximum Gasteiger partial charge on any atom is 0.149 e. The minimum absolute atomic E-state index is 0.116. The number of Topliss-reactive ketones (excluding diaryl/α,β-unsaturated/α-hetero) is 1. The van der Waals surface area contributed by atoms with Gasteiger partial charge in [0.2, 0.25) is 0 Å². The van der Waals surface area contributed by atoms with Crippen molar-refractivity contribution in [1.29, 1.82) is 5.26 Å². The molecular formula is C14H24N6O. The summed E-state index contributed by atoms with van der Waals surface area (Å²) in [7, 11) is 3.60. The Kier molecular flexibility index (Phi) is 6.85. The smallest absolute Gasteiger partial charge is 0.149 e. The minimum Gasteiger partial charge on any atom is -0.382 e. The second kappa shape index (κ2) is 8.39. The fraction of sp³-hybridized carbons (Fsp3) is 0.643. The van der Waals surface area contributed by atoms with Gasteiger partial charge in [0.15, 0.2) is 0 Å². The third-order valence-corrected chi connectivity index (χ3v) is 3.22. The van der Waals surface area contributed by atoms with Crippen LogP contribution in [0.5, 0.6) is 0 Å². The minimum atomic E-state index is 0.116. The summed E-state index contributed by atoms with van der Waals surface area (Å²) in [5.74, 6) is 6.38. The van der Waals surface area contributed by atoms with Gasteiger partial charge in [-0.2, -0.15) is 10.4 Å². The first kappa shape index (κ1) is 17.1. The normalized spacial score (nSPS) is 15.9. The number of anilines is 1. The van der Waals surface area contributed by atoms with Crippen molar-refractivity contribution in [3.05, 3.63) is 11.8 Å². The number of ketones is 1. The van der Waals surface area contributed by atoms with Gasteiger partial charge >= 0.3 is 0 Å². The van der Waals surface area contributed by atoms with Crippen LogP contribution < -0.4 is 17.0 Å². The molecule has 0 unspecified atom stereocenters. The molecule has 0 aliphatic heterocycles. The van der Waals surface area contributed by atoms with E-state index in [2.05, 4.69) is 16.4 Å². The molecule has 1 heterocycles. The van der Waals surface area contributed by atoms with Crippen molar-refractivity contribution in [3.8, 4) is 6.07 Å². The van der Waals surface area contributed by atoms with Crippen LogP contribution in [-0.4, -0.2) is 22.6 Å². The van der Waals surface area contributed by atoms with Gasteiger partial charge in [0.1, 0.15) is 11.6 Å². The maximum atomic E-state index is 10.6. The number of hydrogen-bond acceptors (Lipinski definition) is 6. The summed E-state index contributed by atoms with van der Waals surface area (Å²) in [4.78, 5) is 10.6. The lowest BCUT2D eigenvalue weighted by Gasteiger charge is -1.94. The Bertz CT molecular complexity index is 496. The number of rotatable bonds is 3. The zero-order valence-corrected chi connectivity index (χ0v) is 12.7. The van der Waals surface area contributed by atoms with Crippen molar-refractivity contribution >= 4 is 11.6 Å². The molecule has 0 saturated heterocycles. The van der Waals surface area contributed by atoms with E-state index in [0.29, 0.717) is 5.82 Å². The van der Waals surface area contributed by atoms with E-state index >= 15 is 0 Å². The molecule has 0 atom stereocenters. The standard InChI is InChI=1S/C7H11N3.C6H7NO.CH6N2/c1-10-6(5-2-3-5)4-7(8)9-10;7-4-3-6(8)5-1-2-5;1-3-2/h4-5H,2-3H2,1H3,(H2,8,9);5H,1-3H2;3H,2H2,1H3. The molecule has 0 aromatic carbocycles. The number of nitrogens with two attached hydrogens (primary N) is 2. The number of nitrogens with zero attached hydrogens (tertiary/aromatic N) is 3. The molecule has 0 amide bonds. The van der Waals surface area contributed by atoms with Crippen molar-refractivity contribution < 1.29 is 4.79 Å². The Labute approximate surface area is 125 Å². The molecule has 1 aromatic rings. The van der Waals surface area contributed by atoms with Gasteiger partial charge in [-0.15, -0.1) is 0 Å². The summed E-state index contributed by atoms with van der Waals surface area (Å²) >= 11 is 0. The molecule has 2 aliphatic carbocycles. The van der Waals surface area contributed by atoms with Gasteiger partial charge < -0.3 is 5.73 Å². The second-order valence-corrected chi connectivity index (χ2v) is 5.26. The van der Waals surface area contributed by atoms with E-state index < -0.39 is 0 Å². The SMILES string of the molecule is CNN.Cn1nc(N)cc1C1CC1.N#CCC(=O)C1CC1. The van der Waals surface area contributed by atoms with Crippen LogP contribution in [0, 0.1) is 17.2 Å². The quantitative estimate of drug-likeness (QED) is 0.560. The number of carbonyl (C=O) groups is 1. The van der Waals surface area contributed by atoms with Crippen LogP contribution >= 0.6 is 0 Å². The second-order valence-electron chi connectivity index (χ2n) is 5.26. The largest absolute Gasteiger partial charge is 0.382 e. The van der Waals surface area contributed by atoms with Gasteiger partial charge in [-0.3, -0.25) is 20.7 Å². The van der Waals surface area contributed by atoms with Gasteiger partial charge in [0, 0.05) is 30.6 Å². The van der Waals surface area contributed by atoms with Crippen LogP contribution in [0.2, 0.25) is 0 Å². The average molecular weight is 292 g/mol. The van der Waals surface area contributed by atoms with Crippen LogP contribution in [0.1, 0.15) is 43.7 Å². The first-order valence-electron chi connectivity index (χ1n) is 7.09. The van der Waals surface area contributed by atoms with Crippen molar-refractivity contribution in [2.75, 3.05) is 12.8 Å². The lowest BCUT2D eigenvalue weighted by atomic mass is 10.2. The number of nitrogens with one attached hydrogen (secondary N) is 1. The summed E-state index contributed by atoms with van der Waals surface area (Å²) in [6, 6.07) is 3.81. The monoisotopic (exact) mass is 292 g/mol. The van der Waals surface area contributed by atoms with Crippen molar-refractivity contribution in [1.82, 2.24) is 15.2 Å². The van der Waals surface area contributed by atoms with Gasteiger partial charge in [0.25, 0.3) is 0 Å². The van der Waals surface area contributed by atoms with Crippen LogP contribution in [0.4, 0.5) is 5.82 Å². The Morgan fingerprint density at radius 2 is 2.10 bits per heavy atom. The summed E-state index contributed by atoms with van der Waals surface area (Å²) in [6.07, 6.45) is 4.75. The number of hydrazine groups is 1. The van der Waals surface area contributed by atoms with E-state index in [9.17, 15) is 4.79 Å². The fourth-order valence-corrected chi connectivity index (χ4v) is 1.89. The van der Waals surface area contributed by atoms with E-state index in [-0.39, 0.29) is 18.1 Å². The Morgan fingerprint density at radius 3 is 2.43 bits per heavy atom. The highest BCUT2D eigenvalue weighted by Gasteiger charge is 2.28. The molecule has 116 valence electrons. The first-order valence-corrected chi connectivity index (χ1v) is 7.09. The highest BCUT2D eigenvalue weighted by molar-refractivity contribution is 5.84. The first-order chi connectivity index (χ1) is 10.0. The van der Waals surface area contributed by atoms with Crippen molar-refractivity contribution in [2.24, 2.45) is 18.8 Å². The molecule has 0 bridgehead atoms. The van der Waals surface area contributed by atoms with Crippen molar-refractivity contribution in [3.63, 3.8) is 0 Å². The topological polar surface area (TPSA) is 123 Å². The molecule has 5 N–H and O–H groups in total. The molecule has 2 fully saturated rings. The zero-order valence-electron chi connectivity index (χ0n) is 12.7. The third kappa shape index (κ3) is 6.38. The van der Waals surface area contributed by atoms with E-state index in [1.165, 1.54) is 18.5 Å². The third-order valence-electron chi connectivity index (χ3n) is 3.22. The molecule has 7 nitrogen and oxygen atoms in total. The summed E-state index contributed by atoms with van der Waals surface area (Å²) < 4.78 is 1.88. The van der Waals surface area contributed by atoms with E-state index in [0.717, 1.165) is 18.8 Å². The molecule has 0 radical (unpaired) electrons. The van der Waals surface area contributed by atoms with E-state index in [1.807, 2.05) is 23.9 Å². The Morgan fingerprint density at radius 1 is 1.52 bits per heavy atom. The van der Waals surface area contributed by atoms with Gasteiger partial charge in [0.05, 0.1) is 12.5 Å². The number of nitriles is 1. The number of hydrogen-bond donors (Lipinski definition) is 3. The van der Waals surface area contributed by atoms with Crippen LogP contribution in [-0.2, 0) is 11.8 Å². The number of carbonyl (C=O) groups excluding carboxylic acids is 1. The van der Waals surface area contributed by atoms with Crippen LogP contribution in [0.15, 0.2) is 6.07 Å². The van der Waals surface area contributed by atoms with Gasteiger partial charge in [-0.05, 0) is 32.7 Å².